The van der Waals surface area contributed by atoms with E-state index in [1.54, 1.807) is 6.26 Å². The Kier molecular flexibility index (Phi) is 15.8. The fraction of sp³-hybridized carbons (Fsp3) is 0.462. The molecule has 0 saturated carbocycles. The number of nitrogens with two attached hydrogens (primary N) is 2. The van der Waals surface area contributed by atoms with Gasteiger partial charge in [0.2, 0.25) is 29.5 Å². The van der Waals surface area contributed by atoms with Crippen LogP contribution < -0.4 is 32.7 Å². The number of carbonyl (C=O) groups excluding carboxylic acids is 5. The van der Waals surface area contributed by atoms with Crippen LogP contribution in [-0.2, 0) is 44.8 Å². The highest BCUT2D eigenvalue weighted by atomic mass is 32.2. The molecule has 0 radical (unpaired) electrons. The smallest absolute Gasteiger partial charge is 0.326 e. The molecule has 12 N–H and O–H groups in total. The largest absolute Gasteiger partial charge is 0.508 e. The van der Waals surface area contributed by atoms with Crippen molar-refractivity contribution >= 4 is 59.2 Å². The first-order valence-corrected chi connectivity index (χ1v) is 14.6. The summed E-state index contributed by atoms with van der Waals surface area (Å²) in [5.41, 5.74) is 11.3. The molecule has 1 aromatic rings. The predicted molar refractivity (Wildman–Crippen MR) is 156 cm³/mol. The van der Waals surface area contributed by atoms with Gasteiger partial charge < -0.3 is 53.2 Å². The van der Waals surface area contributed by atoms with Crippen molar-refractivity contribution in [2.24, 2.45) is 11.5 Å². The van der Waals surface area contributed by atoms with Gasteiger partial charge in [-0.05, 0) is 36.1 Å². The number of hydrogen-bond acceptors (Lipinski definition) is 11. The van der Waals surface area contributed by atoms with Crippen molar-refractivity contribution in [3.63, 3.8) is 0 Å². The topological polar surface area (TPSA) is 318 Å². The summed E-state index contributed by atoms with van der Waals surface area (Å²) in [6, 6.07) is -2.52. The average Bonchev–Trinajstić information content (AvgIpc) is 2.94. The zero-order valence-electron chi connectivity index (χ0n) is 24.1. The third kappa shape index (κ3) is 14.4. The quantitative estimate of drug-likeness (QED) is 0.0663. The van der Waals surface area contributed by atoms with Gasteiger partial charge in [-0.15, -0.1) is 0 Å². The van der Waals surface area contributed by atoms with E-state index in [-0.39, 0.29) is 24.3 Å². The fourth-order valence-corrected chi connectivity index (χ4v) is 4.21. The van der Waals surface area contributed by atoms with Gasteiger partial charge in [0.05, 0.1) is 25.3 Å². The van der Waals surface area contributed by atoms with Gasteiger partial charge in [0.15, 0.2) is 0 Å². The first-order chi connectivity index (χ1) is 21.0. The third-order valence-electron chi connectivity index (χ3n) is 6.02. The number of carboxylic acids is 3. The van der Waals surface area contributed by atoms with Crippen LogP contribution in [0, 0.1) is 0 Å². The zero-order valence-corrected chi connectivity index (χ0v) is 24.9. The molecule has 5 atom stereocenters. The van der Waals surface area contributed by atoms with Gasteiger partial charge in [-0.2, -0.15) is 11.8 Å². The molecule has 0 fully saturated rings. The number of thioether (sulfide) groups is 1. The second-order valence-corrected chi connectivity index (χ2v) is 10.7. The monoisotopic (exact) mass is 656 g/mol. The maximum atomic E-state index is 13.3. The Morgan fingerprint density at radius 3 is 1.71 bits per heavy atom. The van der Waals surface area contributed by atoms with Crippen LogP contribution in [0.1, 0.15) is 31.2 Å². The molecule has 19 heteroatoms. The number of benzene rings is 1. The summed E-state index contributed by atoms with van der Waals surface area (Å²) in [5, 5.41) is 45.6. The summed E-state index contributed by atoms with van der Waals surface area (Å²) in [7, 11) is 0. The highest BCUT2D eigenvalue weighted by Gasteiger charge is 2.33. The van der Waals surface area contributed by atoms with E-state index in [9.17, 15) is 48.6 Å². The van der Waals surface area contributed by atoms with Crippen LogP contribution in [0.2, 0.25) is 0 Å². The van der Waals surface area contributed by atoms with Crippen molar-refractivity contribution in [3.05, 3.63) is 29.8 Å². The lowest BCUT2D eigenvalue weighted by atomic mass is 10.0. The van der Waals surface area contributed by atoms with Crippen molar-refractivity contribution in [1.29, 1.82) is 0 Å². The Hall–Kier alpha value is -4.91. The molecule has 0 aliphatic carbocycles. The molecule has 0 aromatic heterocycles. The highest BCUT2D eigenvalue weighted by Crippen LogP contribution is 2.12. The van der Waals surface area contributed by atoms with Crippen LogP contribution in [0.25, 0.3) is 0 Å². The molecule has 1 rings (SSSR count). The van der Waals surface area contributed by atoms with Gasteiger partial charge in [-0.3, -0.25) is 33.6 Å². The number of amides is 5. The van der Waals surface area contributed by atoms with Crippen LogP contribution in [0.3, 0.4) is 0 Å². The lowest BCUT2D eigenvalue weighted by Gasteiger charge is -2.26. The first kappa shape index (κ1) is 38.1. The minimum atomic E-state index is -1.82. The average molecular weight is 657 g/mol. The minimum absolute atomic E-state index is 0.0591. The van der Waals surface area contributed by atoms with E-state index >= 15 is 0 Å². The summed E-state index contributed by atoms with van der Waals surface area (Å²) < 4.78 is 0. The molecule has 0 spiro atoms. The summed E-state index contributed by atoms with van der Waals surface area (Å²) >= 11 is 1.27. The Bertz CT molecular complexity index is 1260. The molecular formula is C26H36N6O12S. The second-order valence-electron chi connectivity index (χ2n) is 9.71. The molecule has 0 heterocycles. The van der Waals surface area contributed by atoms with E-state index in [2.05, 4.69) is 16.0 Å². The van der Waals surface area contributed by atoms with Gasteiger partial charge in [0.25, 0.3) is 0 Å². The molecule has 0 bridgehead atoms. The second kappa shape index (κ2) is 18.7. The standard InChI is InChI=1S/C26H36N6O12S/c1-45-7-6-15(23(40)32-18(26(43)44)11-21(37)38)29-25(42)17(10-19(28)34)31-24(41)16(8-12-2-4-13(33)5-3-12)30-22(39)14(27)9-20(35)36/h2-5,14-18,33H,6-11,27H2,1H3,(H2,28,34)(H,29,42)(H,30,39)(H,31,41)(H,32,40)(H,35,36)(H,37,38)(H,43,44)/t14-,15-,16-,17-,18-/m0/s1. The van der Waals surface area contributed by atoms with Gasteiger partial charge in [-0.1, -0.05) is 12.1 Å². The van der Waals surface area contributed by atoms with Crippen LogP contribution in [0.4, 0.5) is 0 Å². The summed E-state index contributed by atoms with van der Waals surface area (Å²) in [5.74, 6) is -9.57. The van der Waals surface area contributed by atoms with Crippen molar-refractivity contribution in [1.82, 2.24) is 21.3 Å². The maximum absolute atomic E-state index is 13.3. The molecule has 1 aromatic carbocycles. The summed E-state index contributed by atoms with van der Waals surface area (Å²) in [4.78, 5) is 97.2. The number of hydrogen-bond donors (Lipinski definition) is 10. The van der Waals surface area contributed by atoms with Gasteiger partial charge in [-0.25, -0.2) is 4.79 Å². The number of nitrogens with one attached hydrogen (secondary N) is 4. The van der Waals surface area contributed by atoms with E-state index in [0.29, 0.717) is 5.56 Å². The molecule has 248 valence electrons. The molecule has 5 amide bonds. The minimum Gasteiger partial charge on any atom is -0.508 e. The van der Waals surface area contributed by atoms with Crippen molar-refractivity contribution in [3.8, 4) is 5.75 Å². The van der Waals surface area contributed by atoms with E-state index in [0.717, 1.165) is 0 Å². The normalized spacial score (nSPS) is 14.0. The van der Waals surface area contributed by atoms with Crippen LogP contribution >= 0.6 is 11.8 Å². The number of rotatable bonds is 20. The van der Waals surface area contributed by atoms with Gasteiger partial charge >= 0.3 is 17.9 Å². The van der Waals surface area contributed by atoms with Crippen LogP contribution in [0.5, 0.6) is 5.75 Å². The summed E-state index contributed by atoms with van der Waals surface area (Å²) in [6.07, 6.45) is -1.10. The first-order valence-electron chi connectivity index (χ1n) is 13.2. The fourth-order valence-electron chi connectivity index (χ4n) is 3.74. The lowest BCUT2D eigenvalue weighted by Crippen LogP contribution is -2.59. The molecule has 18 nitrogen and oxygen atoms in total. The number of carbonyl (C=O) groups is 8. The Labute approximate surface area is 260 Å². The molecular weight excluding hydrogens is 620 g/mol. The molecule has 0 saturated heterocycles. The van der Waals surface area contributed by atoms with Gasteiger partial charge in [0, 0.05) is 6.42 Å². The van der Waals surface area contributed by atoms with Crippen LogP contribution in [0.15, 0.2) is 24.3 Å². The lowest BCUT2D eigenvalue weighted by molar-refractivity contribution is -0.147. The highest BCUT2D eigenvalue weighted by molar-refractivity contribution is 7.98. The number of aromatic hydroxyl groups is 1. The molecule has 0 aliphatic heterocycles. The zero-order chi connectivity index (χ0) is 34.3. The van der Waals surface area contributed by atoms with Crippen molar-refractivity contribution in [2.45, 2.75) is 62.3 Å². The van der Waals surface area contributed by atoms with E-state index in [4.69, 9.17) is 21.7 Å². The Morgan fingerprint density at radius 1 is 0.711 bits per heavy atom. The number of primary amides is 1. The number of phenols is 1. The van der Waals surface area contributed by atoms with Crippen LogP contribution in [-0.4, -0.2) is 110 Å². The number of phenolic OH excluding ortho intramolecular Hbond substituents is 1. The van der Waals surface area contributed by atoms with E-state index < -0.39 is 96.9 Å². The third-order valence-corrected chi connectivity index (χ3v) is 6.66. The predicted octanol–water partition coefficient (Wildman–Crippen LogP) is -3.14. The van der Waals surface area contributed by atoms with Crippen molar-refractivity contribution in [2.75, 3.05) is 12.0 Å². The molecule has 0 unspecified atom stereocenters. The summed E-state index contributed by atoms with van der Waals surface area (Å²) in [6.45, 7) is 0. The number of carboxylic acid groups (broad SMARTS) is 3. The molecule has 0 aliphatic rings. The SMILES string of the molecule is CSCC[C@H](NC(=O)[C@H](CC(N)=O)NC(=O)[C@H](Cc1ccc(O)cc1)NC(=O)[C@@H](N)CC(=O)O)C(=O)N[C@@H](CC(=O)O)C(=O)O. The Morgan fingerprint density at radius 2 is 1.20 bits per heavy atom. The van der Waals surface area contributed by atoms with Gasteiger partial charge in [0.1, 0.15) is 29.9 Å². The van der Waals surface area contributed by atoms with E-state index in [1.165, 1.54) is 36.0 Å². The number of aliphatic carboxylic acids is 3. The van der Waals surface area contributed by atoms with E-state index in [1.807, 2.05) is 5.32 Å². The Balaban J connectivity index is 3.25. The van der Waals surface area contributed by atoms with Crippen molar-refractivity contribution < 1.29 is 58.8 Å². The maximum Gasteiger partial charge on any atom is 0.326 e. The molecule has 45 heavy (non-hydrogen) atoms.